The Morgan fingerprint density at radius 2 is 1.78 bits per heavy atom. The number of hydrogen-bond donors (Lipinski definition) is 0. The van der Waals surface area contributed by atoms with Gasteiger partial charge in [-0.05, 0) is 12.1 Å². The third-order valence-corrected chi connectivity index (χ3v) is 1.37. The van der Waals surface area contributed by atoms with Gasteiger partial charge in [-0.25, -0.2) is 0 Å². The Morgan fingerprint density at radius 1 is 1.22 bits per heavy atom. The monoisotopic (exact) mass is 166 g/mol. The van der Waals surface area contributed by atoms with E-state index in [0.717, 1.165) is 5.30 Å². The average molecular weight is 166 g/mol. The summed E-state index contributed by atoms with van der Waals surface area (Å²) in [7, 11) is 0.0994. The Kier molecular flexibility index (Phi) is 5.72. The Balaban J connectivity index is -0.000000213. The molecule has 0 amide bonds. The Hall–Kier alpha value is 0.580. The molecule has 9 heavy (non-hydrogen) atoms. The van der Waals surface area contributed by atoms with Gasteiger partial charge in [0.1, 0.15) is 0 Å². The summed E-state index contributed by atoms with van der Waals surface area (Å²) in [5, 5.41) is 0.826. The van der Waals surface area contributed by atoms with Crippen molar-refractivity contribution in [3.05, 3.63) is 30.3 Å². The Bertz CT molecular complexity index is 183. The number of benzene rings is 1. The molecule has 0 aliphatic rings. The quantitative estimate of drug-likeness (QED) is 0.456. The fraction of sp³-hybridized carbons (Fsp3) is 0. The molecule has 3 heteroatoms. The first-order valence-corrected chi connectivity index (χ1v) is 3.13. The maximum atomic E-state index is 10.1. The molecule has 1 aromatic rings. The average Bonchev–Trinajstić information content (AvgIpc) is 1.90. The van der Waals surface area contributed by atoms with Crippen molar-refractivity contribution in [1.29, 1.82) is 0 Å². The normalized spacial score (nSPS) is 8.44. The molecular formula is C6H7CaOP. The van der Waals surface area contributed by atoms with Crippen LogP contribution in [0.2, 0.25) is 0 Å². The molecule has 44 valence electrons. The number of rotatable bonds is 1. The van der Waals surface area contributed by atoms with E-state index in [1.165, 1.54) is 0 Å². The minimum absolute atomic E-state index is 0. The fourth-order valence-corrected chi connectivity index (χ4v) is 0.783. The molecule has 0 saturated carbocycles. The van der Waals surface area contributed by atoms with Crippen LogP contribution in [0, 0.1) is 0 Å². The second kappa shape index (κ2) is 5.37. The van der Waals surface area contributed by atoms with Crippen molar-refractivity contribution in [2.75, 3.05) is 0 Å². The summed E-state index contributed by atoms with van der Waals surface area (Å²) in [5.41, 5.74) is 0. The standard InChI is InChI=1S/C6H5OP.Ca.2H/c7-8-6-4-2-1-3-5-6;;;/h1-5H;;;/q;+2;2*-1. The summed E-state index contributed by atoms with van der Waals surface area (Å²) >= 11 is 0. The summed E-state index contributed by atoms with van der Waals surface area (Å²) in [6.45, 7) is 0. The molecule has 0 saturated heterocycles. The molecule has 1 aromatic carbocycles. The maximum absolute atomic E-state index is 10.1. The van der Waals surface area contributed by atoms with E-state index in [-0.39, 0.29) is 49.1 Å². The van der Waals surface area contributed by atoms with Crippen LogP contribution in [0.4, 0.5) is 0 Å². The van der Waals surface area contributed by atoms with Crippen molar-refractivity contribution < 1.29 is 7.42 Å². The molecule has 1 nitrogen and oxygen atoms in total. The largest absolute Gasteiger partial charge is 2.00 e. The predicted molar refractivity (Wildman–Crippen MR) is 41.7 cm³/mol. The van der Waals surface area contributed by atoms with Gasteiger partial charge in [0.05, 0.1) is 0 Å². The SMILES string of the molecule is O=Pc1ccccc1.[Ca+2].[H-].[H-]. The first-order valence-electron chi connectivity index (χ1n) is 2.32. The molecule has 0 bridgehead atoms. The van der Waals surface area contributed by atoms with Crippen molar-refractivity contribution in [1.82, 2.24) is 0 Å². The molecule has 0 heterocycles. The molecule has 0 aliphatic carbocycles. The van der Waals surface area contributed by atoms with Crippen LogP contribution in [-0.2, 0) is 4.57 Å². The van der Waals surface area contributed by atoms with Gasteiger partial charge < -0.3 is 2.85 Å². The molecule has 0 aliphatic heterocycles. The van der Waals surface area contributed by atoms with E-state index in [1.54, 1.807) is 0 Å². The van der Waals surface area contributed by atoms with Gasteiger partial charge >= 0.3 is 37.7 Å². The Labute approximate surface area is 88.6 Å². The third kappa shape index (κ3) is 3.32. The molecule has 0 N–H and O–H groups in total. The van der Waals surface area contributed by atoms with Crippen molar-refractivity contribution in [2.45, 2.75) is 0 Å². The van der Waals surface area contributed by atoms with E-state index in [9.17, 15) is 4.57 Å². The zero-order valence-electron chi connectivity index (χ0n) is 6.95. The maximum Gasteiger partial charge on any atom is 2.00 e. The summed E-state index contributed by atoms with van der Waals surface area (Å²) in [4.78, 5) is 0. The fourth-order valence-electron chi connectivity index (χ4n) is 0.489. The van der Waals surface area contributed by atoms with Gasteiger partial charge in [-0.15, -0.1) is 0 Å². The van der Waals surface area contributed by atoms with Crippen molar-refractivity contribution in [2.24, 2.45) is 0 Å². The van der Waals surface area contributed by atoms with E-state index in [1.807, 2.05) is 30.3 Å². The minimum Gasteiger partial charge on any atom is -1.00 e. The van der Waals surface area contributed by atoms with Crippen molar-refractivity contribution in [3.63, 3.8) is 0 Å². The van der Waals surface area contributed by atoms with Gasteiger partial charge in [-0.1, -0.05) is 18.2 Å². The molecular weight excluding hydrogens is 159 g/mol. The van der Waals surface area contributed by atoms with Gasteiger partial charge in [0.25, 0.3) is 0 Å². The predicted octanol–water partition coefficient (Wildman–Crippen LogP) is 1.45. The van der Waals surface area contributed by atoms with Gasteiger partial charge in [0.2, 0.25) is 0 Å². The topological polar surface area (TPSA) is 17.1 Å². The van der Waals surface area contributed by atoms with Gasteiger partial charge in [0.15, 0.2) is 8.46 Å². The summed E-state index contributed by atoms with van der Waals surface area (Å²) in [6, 6.07) is 9.25. The molecule has 1 rings (SSSR count). The van der Waals surface area contributed by atoms with Crippen LogP contribution in [0.25, 0.3) is 0 Å². The smallest absolute Gasteiger partial charge is 1.00 e. The zero-order valence-corrected chi connectivity index (χ0v) is 8.05. The van der Waals surface area contributed by atoms with E-state index < -0.39 is 0 Å². The summed E-state index contributed by atoms with van der Waals surface area (Å²) in [6.07, 6.45) is 0. The molecule has 0 fully saturated rings. The van der Waals surface area contributed by atoms with Crippen LogP contribution in [0.5, 0.6) is 0 Å². The summed E-state index contributed by atoms with van der Waals surface area (Å²) in [5.74, 6) is 0. The van der Waals surface area contributed by atoms with Crippen LogP contribution < -0.4 is 5.30 Å². The van der Waals surface area contributed by atoms with Crippen LogP contribution in [0.15, 0.2) is 30.3 Å². The first-order chi connectivity index (χ1) is 3.93. The van der Waals surface area contributed by atoms with E-state index in [2.05, 4.69) is 0 Å². The first kappa shape index (κ1) is 9.58. The minimum atomic E-state index is 0. The molecule has 0 unspecified atom stereocenters. The molecule has 0 radical (unpaired) electrons. The van der Waals surface area contributed by atoms with Crippen molar-refractivity contribution >= 4 is 51.5 Å². The second-order valence-electron chi connectivity index (χ2n) is 1.43. The zero-order chi connectivity index (χ0) is 5.82. The van der Waals surface area contributed by atoms with E-state index in [4.69, 9.17) is 0 Å². The van der Waals surface area contributed by atoms with Gasteiger partial charge in [-0.2, -0.15) is 0 Å². The van der Waals surface area contributed by atoms with Crippen LogP contribution in [0.3, 0.4) is 0 Å². The third-order valence-electron chi connectivity index (χ3n) is 0.862. The number of hydrogen-bond acceptors (Lipinski definition) is 1. The van der Waals surface area contributed by atoms with Crippen LogP contribution >= 0.6 is 8.46 Å². The van der Waals surface area contributed by atoms with Gasteiger partial charge in [0, 0.05) is 5.30 Å². The summed E-state index contributed by atoms with van der Waals surface area (Å²) < 4.78 is 10.1. The second-order valence-corrected chi connectivity index (χ2v) is 2.13. The van der Waals surface area contributed by atoms with Crippen LogP contribution in [-0.4, -0.2) is 37.7 Å². The van der Waals surface area contributed by atoms with Crippen LogP contribution in [0.1, 0.15) is 2.85 Å². The van der Waals surface area contributed by atoms with E-state index >= 15 is 0 Å². The van der Waals surface area contributed by atoms with Gasteiger partial charge in [-0.3, -0.25) is 4.57 Å². The molecule has 0 spiro atoms. The molecule has 0 aromatic heterocycles. The Morgan fingerprint density at radius 3 is 2.11 bits per heavy atom. The van der Waals surface area contributed by atoms with E-state index in [0.29, 0.717) is 0 Å². The van der Waals surface area contributed by atoms with Crippen molar-refractivity contribution in [3.8, 4) is 0 Å². The molecule has 0 atom stereocenters.